The number of methoxy groups -OCH3 is 1. The van der Waals surface area contributed by atoms with Crippen LogP contribution in [0.15, 0.2) is 48.7 Å². The van der Waals surface area contributed by atoms with Crippen LogP contribution in [0.5, 0.6) is 0 Å². The number of carbonyl (C=O) groups is 3. The van der Waals surface area contributed by atoms with Crippen molar-refractivity contribution < 1.29 is 37.0 Å². The molecule has 8 nitrogen and oxygen atoms in total. The maximum atomic E-state index is 14.0. The smallest absolute Gasteiger partial charge is 0.412 e. The van der Waals surface area contributed by atoms with Gasteiger partial charge in [-0.15, -0.1) is 0 Å². The number of halogens is 3. The van der Waals surface area contributed by atoms with Gasteiger partial charge in [0.05, 0.1) is 13.2 Å². The first kappa shape index (κ1) is 28.4. The lowest BCUT2D eigenvalue weighted by atomic mass is 10.1. The van der Waals surface area contributed by atoms with Crippen molar-refractivity contribution >= 4 is 34.6 Å². The van der Waals surface area contributed by atoms with Crippen LogP contribution in [0.2, 0.25) is 0 Å². The molecule has 0 bridgehead atoms. The highest BCUT2D eigenvalue weighted by Crippen LogP contribution is 2.19. The third kappa shape index (κ3) is 7.92. The number of aryl methyl sites for hydroxylation is 1. The maximum Gasteiger partial charge on any atom is 0.412 e. The fourth-order valence-electron chi connectivity index (χ4n) is 3.83. The number of nitrogens with one attached hydrogen (secondary N) is 1. The molecule has 11 heteroatoms. The van der Waals surface area contributed by atoms with Crippen molar-refractivity contribution in [3.8, 4) is 0 Å². The van der Waals surface area contributed by atoms with E-state index in [9.17, 15) is 27.6 Å². The SMILES string of the molecule is COC(=O)CCC[C@@H](COC(=O)Nc1cc2cc(F)ccc2cn1)N(C)C(=O)CCc1cccc(F)c1F. The number of carbonyl (C=O) groups excluding carboxylic acids is 3. The Bertz CT molecular complexity index is 1300. The minimum Gasteiger partial charge on any atom is -0.469 e. The van der Waals surface area contributed by atoms with E-state index in [1.165, 1.54) is 55.6 Å². The number of hydrogen-bond acceptors (Lipinski definition) is 6. The van der Waals surface area contributed by atoms with Crippen LogP contribution in [-0.4, -0.2) is 54.7 Å². The Kier molecular flexibility index (Phi) is 10.0. The van der Waals surface area contributed by atoms with Crippen LogP contribution in [0.25, 0.3) is 10.8 Å². The van der Waals surface area contributed by atoms with Gasteiger partial charge in [-0.3, -0.25) is 14.9 Å². The molecule has 202 valence electrons. The summed E-state index contributed by atoms with van der Waals surface area (Å²) in [5.41, 5.74) is 0.0763. The molecule has 3 aromatic rings. The molecule has 2 amide bonds. The zero-order valence-corrected chi connectivity index (χ0v) is 21.0. The normalized spacial score (nSPS) is 11.6. The summed E-state index contributed by atoms with van der Waals surface area (Å²) in [6.07, 6.45) is 1.30. The van der Waals surface area contributed by atoms with Crippen LogP contribution in [0.1, 0.15) is 31.2 Å². The summed E-state index contributed by atoms with van der Waals surface area (Å²) in [6, 6.07) is 8.84. The van der Waals surface area contributed by atoms with Crippen molar-refractivity contribution in [2.75, 3.05) is 26.1 Å². The van der Waals surface area contributed by atoms with E-state index in [0.717, 1.165) is 6.07 Å². The number of esters is 1. The second-order valence-corrected chi connectivity index (χ2v) is 8.62. The van der Waals surface area contributed by atoms with Gasteiger partial charge in [0.15, 0.2) is 11.6 Å². The Morgan fingerprint density at radius 3 is 2.61 bits per heavy atom. The third-order valence-corrected chi connectivity index (χ3v) is 6.05. The number of likely N-dealkylation sites (N-methyl/N-ethyl adjacent to an activating group) is 1. The third-order valence-electron chi connectivity index (χ3n) is 6.05. The zero-order chi connectivity index (χ0) is 27.7. The number of hydrogen-bond donors (Lipinski definition) is 1. The molecule has 0 aliphatic heterocycles. The number of anilines is 1. The van der Waals surface area contributed by atoms with Gasteiger partial charge >= 0.3 is 12.1 Å². The van der Waals surface area contributed by atoms with Crippen LogP contribution in [0.3, 0.4) is 0 Å². The molecule has 0 fully saturated rings. The topological polar surface area (TPSA) is 97.8 Å². The largest absolute Gasteiger partial charge is 0.469 e. The Balaban J connectivity index is 1.61. The van der Waals surface area contributed by atoms with Gasteiger partial charge in [-0.05, 0) is 60.5 Å². The number of aromatic nitrogens is 1. The van der Waals surface area contributed by atoms with Crippen molar-refractivity contribution in [3.63, 3.8) is 0 Å². The summed E-state index contributed by atoms with van der Waals surface area (Å²) in [5, 5.41) is 3.70. The van der Waals surface area contributed by atoms with Gasteiger partial charge in [-0.25, -0.2) is 22.9 Å². The fourth-order valence-corrected chi connectivity index (χ4v) is 3.83. The highest BCUT2D eigenvalue weighted by Gasteiger charge is 2.23. The molecule has 0 saturated heterocycles. The van der Waals surface area contributed by atoms with Crippen LogP contribution in [-0.2, 0) is 25.5 Å². The highest BCUT2D eigenvalue weighted by molar-refractivity contribution is 5.89. The second kappa shape index (κ2) is 13.4. The molecule has 0 saturated carbocycles. The number of fused-ring (bicyclic) bond motifs is 1. The van der Waals surface area contributed by atoms with Gasteiger partial charge in [0, 0.05) is 31.5 Å². The van der Waals surface area contributed by atoms with Gasteiger partial charge in [0.25, 0.3) is 0 Å². The number of nitrogens with zero attached hydrogens (tertiary/aromatic N) is 2. The highest BCUT2D eigenvalue weighted by atomic mass is 19.2. The number of pyridine rings is 1. The van der Waals surface area contributed by atoms with Crippen LogP contribution in [0, 0.1) is 17.5 Å². The molecule has 1 aromatic heterocycles. The van der Waals surface area contributed by atoms with Crippen LogP contribution >= 0.6 is 0 Å². The summed E-state index contributed by atoms with van der Waals surface area (Å²) in [7, 11) is 2.78. The molecule has 1 N–H and O–H groups in total. The van der Waals surface area contributed by atoms with Crippen LogP contribution in [0.4, 0.5) is 23.8 Å². The molecule has 0 unspecified atom stereocenters. The van der Waals surface area contributed by atoms with E-state index in [-0.39, 0.29) is 43.2 Å². The lowest BCUT2D eigenvalue weighted by Gasteiger charge is -2.28. The number of benzene rings is 2. The van der Waals surface area contributed by atoms with Crippen molar-refractivity contribution in [1.82, 2.24) is 9.88 Å². The van der Waals surface area contributed by atoms with Crippen LogP contribution < -0.4 is 5.32 Å². The first-order valence-electron chi connectivity index (χ1n) is 11.9. The summed E-state index contributed by atoms with van der Waals surface area (Å²) in [6.45, 7) is -0.203. The van der Waals surface area contributed by atoms with Gasteiger partial charge in [-0.1, -0.05) is 12.1 Å². The average Bonchev–Trinajstić information content (AvgIpc) is 2.90. The van der Waals surface area contributed by atoms with Crippen molar-refractivity contribution in [2.45, 2.75) is 38.1 Å². The predicted molar refractivity (Wildman–Crippen MR) is 134 cm³/mol. The Morgan fingerprint density at radius 1 is 1.05 bits per heavy atom. The first-order valence-corrected chi connectivity index (χ1v) is 11.9. The van der Waals surface area contributed by atoms with E-state index in [4.69, 9.17) is 4.74 Å². The van der Waals surface area contributed by atoms with E-state index in [2.05, 4.69) is 15.0 Å². The van der Waals surface area contributed by atoms with Gasteiger partial charge in [-0.2, -0.15) is 0 Å². The zero-order valence-electron chi connectivity index (χ0n) is 21.0. The Hall–Kier alpha value is -4.15. The minimum atomic E-state index is -0.998. The lowest BCUT2D eigenvalue weighted by molar-refractivity contribution is -0.140. The van der Waals surface area contributed by atoms with Gasteiger partial charge in [0.2, 0.25) is 5.91 Å². The molecule has 0 aliphatic carbocycles. The van der Waals surface area contributed by atoms with E-state index in [1.807, 2.05) is 0 Å². The van der Waals surface area contributed by atoms with Gasteiger partial charge in [0.1, 0.15) is 18.2 Å². The molecule has 2 aromatic carbocycles. The van der Waals surface area contributed by atoms with E-state index < -0.39 is 35.6 Å². The molecule has 1 heterocycles. The number of ether oxygens (including phenoxy) is 2. The summed E-state index contributed by atoms with van der Waals surface area (Å²) in [5.74, 6) is -3.07. The Labute approximate surface area is 217 Å². The summed E-state index contributed by atoms with van der Waals surface area (Å²) >= 11 is 0. The molecular weight excluding hydrogens is 503 g/mol. The minimum absolute atomic E-state index is 0.0166. The molecule has 0 aliphatic rings. The monoisotopic (exact) mass is 531 g/mol. The van der Waals surface area contributed by atoms with E-state index >= 15 is 0 Å². The van der Waals surface area contributed by atoms with E-state index in [1.54, 1.807) is 6.07 Å². The second-order valence-electron chi connectivity index (χ2n) is 8.62. The fraction of sp³-hybridized carbons (Fsp3) is 0.333. The molecule has 3 rings (SSSR count). The lowest BCUT2D eigenvalue weighted by Crippen LogP contribution is -2.41. The van der Waals surface area contributed by atoms with Crippen molar-refractivity contribution in [2.24, 2.45) is 0 Å². The average molecular weight is 532 g/mol. The quantitative estimate of drug-likeness (QED) is 0.350. The molecule has 38 heavy (non-hydrogen) atoms. The Morgan fingerprint density at radius 2 is 1.84 bits per heavy atom. The predicted octanol–water partition coefficient (Wildman–Crippen LogP) is 5.00. The van der Waals surface area contributed by atoms with Crippen molar-refractivity contribution in [3.05, 3.63) is 71.7 Å². The molecule has 1 atom stereocenters. The van der Waals surface area contributed by atoms with Gasteiger partial charge < -0.3 is 14.4 Å². The maximum absolute atomic E-state index is 14.0. The standard InChI is InChI=1S/C27H28F3N3O5/c1-33(24(34)12-10-17-5-3-7-22(29)26(17)30)21(6-4-8-25(35)37-2)16-38-27(36)32-23-14-19-13-20(28)11-9-18(19)15-31-23/h3,5,7,9,11,13-15,21H,4,6,8,10,12,16H2,1-2H3,(H,31,32,36)/t21-/m0/s1. The summed E-state index contributed by atoms with van der Waals surface area (Å²) < 4.78 is 50.9. The molecule has 0 radical (unpaired) electrons. The summed E-state index contributed by atoms with van der Waals surface area (Å²) in [4.78, 5) is 42.2. The van der Waals surface area contributed by atoms with E-state index in [0.29, 0.717) is 23.6 Å². The first-order chi connectivity index (χ1) is 18.2. The number of amides is 2. The van der Waals surface area contributed by atoms with Crippen molar-refractivity contribution in [1.29, 1.82) is 0 Å². The molecular formula is C27H28F3N3O5. The number of rotatable bonds is 11. The molecule has 0 spiro atoms.